The molecule has 1 aliphatic heterocycles. The quantitative estimate of drug-likeness (QED) is 0.886. The number of hydrogen-bond acceptors (Lipinski definition) is 5. The van der Waals surface area contributed by atoms with E-state index in [9.17, 15) is 14.4 Å². The predicted molar refractivity (Wildman–Crippen MR) is 69.8 cm³/mol. The van der Waals surface area contributed by atoms with Crippen LogP contribution in [-0.4, -0.2) is 34.7 Å². The van der Waals surface area contributed by atoms with Gasteiger partial charge in [-0.2, -0.15) is 0 Å². The Balaban J connectivity index is 1.81. The minimum Gasteiger partial charge on any atom is -0.481 e. The minimum absolute atomic E-state index is 0.0136. The molecule has 1 saturated heterocycles. The van der Waals surface area contributed by atoms with Gasteiger partial charge in [0.1, 0.15) is 6.61 Å². The van der Waals surface area contributed by atoms with Gasteiger partial charge in [-0.25, -0.2) is 9.59 Å². The number of rotatable bonds is 5. The van der Waals surface area contributed by atoms with E-state index < -0.39 is 23.9 Å². The topological polar surface area (TPSA) is 93.1 Å². The number of benzene rings is 1. The van der Waals surface area contributed by atoms with Gasteiger partial charge in [0, 0.05) is 6.42 Å². The first-order valence-corrected chi connectivity index (χ1v) is 6.48. The van der Waals surface area contributed by atoms with Crippen LogP contribution in [0.1, 0.15) is 18.4 Å². The fourth-order valence-electron chi connectivity index (χ4n) is 1.91. The van der Waals surface area contributed by atoms with Crippen LogP contribution in [0.25, 0.3) is 0 Å². The van der Waals surface area contributed by atoms with Crippen molar-refractivity contribution in [3.8, 4) is 0 Å². The Kier molecular flexibility index (Phi) is 4.76. The predicted octanol–water partition coefficient (Wildman–Crippen LogP) is 1.58. The highest BCUT2D eigenvalue weighted by Crippen LogP contribution is 2.20. The summed E-state index contributed by atoms with van der Waals surface area (Å²) in [5, 5.41) is 9.42. The van der Waals surface area contributed by atoms with Crippen LogP contribution in [0.3, 0.4) is 0 Å². The lowest BCUT2D eigenvalue weighted by Gasteiger charge is -2.13. The first-order valence-electron chi connectivity index (χ1n) is 6.48. The highest BCUT2D eigenvalue weighted by Gasteiger charge is 2.37. The monoisotopic (exact) mass is 293 g/mol. The molecular weight excluding hydrogens is 278 g/mol. The average molecular weight is 293 g/mol. The van der Waals surface area contributed by atoms with Crippen LogP contribution >= 0.6 is 0 Å². The molecule has 1 unspecified atom stereocenters. The summed E-state index contributed by atoms with van der Waals surface area (Å²) < 4.78 is 5.03. The largest absolute Gasteiger partial charge is 0.481 e. The Bertz CT molecular complexity index is 530. The van der Waals surface area contributed by atoms with Crippen LogP contribution in [0, 0.1) is 5.92 Å². The normalized spacial score (nSPS) is 17.4. The zero-order chi connectivity index (χ0) is 15.2. The number of aliphatic carboxylic acids is 1. The summed E-state index contributed by atoms with van der Waals surface area (Å²) >= 11 is 0. The molecule has 1 aromatic carbocycles. The molecule has 1 N–H and O–H groups in total. The van der Waals surface area contributed by atoms with Gasteiger partial charge in [0.05, 0.1) is 12.5 Å². The molecule has 0 saturated carbocycles. The molecular formula is C14H15NO6. The number of hydrogen-bond donors (Lipinski definition) is 1. The van der Waals surface area contributed by atoms with Crippen molar-refractivity contribution in [2.24, 2.45) is 5.92 Å². The van der Waals surface area contributed by atoms with E-state index >= 15 is 0 Å². The molecule has 1 fully saturated rings. The van der Waals surface area contributed by atoms with Gasteiger partial charge in [-0.1, -0.05) is 30.3 Å². The minimum atomic E-state index is -0.993. The van der Waals surface area contributed by atoms with E-state index in [4.69, 9.17) is 14.7 Å². The summed E-state index contributed by atoms with van der Waals surface area (Å²) in [5.41, 5.74) is 0.818. The number of amides is 1. The molecule has 7 heteroatoms. The van der Waals surface area contributed by atoms with Gasteiger partial charge in [-0.3, -0.25) is 4.79 Å². The highest BCUT2D eigenvalue weighted by molar-refractivity contribution is 5.79. The van der Waals surface area contributed by atoms with Crippen molar-refractivity contribution in [3.63, 3.8) is 0 Å². The first kappa shape index (κ1) is 14.8. The maximum absolute atomic E-state index is 11.8. The second kappa shape index (κ2) is 6.74. The summed E-state index contributed by atoms with van der Waals surface area (Å²) in [6, 6.07) is 9.10. The van der Waals surface area contributed by atoms with Crippen LogP contribution in [0.5, 0.6) is 0 Å². The summed E-state index contributed by atoms with van der Waals surface area (Å²) in [5.74, 6) is -2.22. The van der Waals surface area contributed by atoms with Crippen LogP contribution in [-0.2, 0) is 25.8 Å². The summed E-state index contributed by atoms with van der Waals surface area (Å²) in [4.78, 5) is 38.5. The summed E-state index contributed by atoms with van der Waals surface area (Å²) in [6.45, 7) is 0.0905. The SMILES string of the molecule is O=C(O)CCC1CN(C(=O)OCc2ccccc2)OC1=O. The lowest BCUT2D eigenvalue weighted by atomic mass is 10.0. The molecule has 21 heavy (non-hydrogen) atoms. The van der Waals surface area contributed by atoms with Gasteiger partial charge in [-0.05, 0) is 12.0 Å². The maximum Gasteiger partial charge on any atom is 0.443 e. The Morgan fingerprint density at radius 3 is 2.71 bits per heavy atom. The second-order valence-electron chi connectivity index (χ2n) is 4.64. The number of carboxylic acid groups (broad SMARTS) is 1. The molecule has 1 aromatic rings. The van der Waals surface area contributed by atoms with Crippen molar-refractivity contribution < 1.29 is 29.1 Å². The molecule has 0 bridgehead atoms. The fraction of sp³-hybridized carbons (Fsp3) is 0.357. The van der Waals surface area contributed by atoms with E-state index in [0.29, 0.717) is 0 Å². The Hall–Kier alpha value is -2.57. The number of hydroxylamine groups is 2. The average Bonchev–Trinajstić information content (AvgIpc) is 2.85. The third kappa shape index (κ3) is 4.20. The third-order valence-electron chi connectivity index (χ3n) is 3.04. The molecule has 0 aromatic heterocycles. The molecule has 2 rings (SSSR count). The second-order valence-corrected chi connectivity index (χ2v) is 4.64. The number of nitrogens with zero attached hydrogens (tertiary/aromatic N) is 1. The Morgan fingerprint density at radius 2 is 2.05 bits per heavy atom. The standard InChI is InChI=1S/C14H15NO6/c16-12(17)7-6-11-8-15(21-13(11)18)14(19)20-9-10-4-2-1-3-5-10/h1-5,11H,6-9H2,(H,16,17). The molecule has 1 amide bonds. The van der Waals surface area contributed by atoms with Crippen LogP contribution in [0.15, 0.2) is 30.3 Å². The van der Waals surface area contributed by atoms with Gasteiger partial charge in [0.25, 0.3) is 0 Å². The van der Waals surface area contributed by atoms with E-state index in [0.717, 1.165) is 10.6 Å². The summed E-state index contributed by atoms with van der Waals surface area (Å²) in [7, 11) is 0. The number of carbonyl (C=O) groups is 3. The lowest BCUT2D eigenvalue weighted by molar-refractivity contribution is -0.165. The van der Waals surface area contributed by atoms with E-state index in [2.05, 4.69) is 0 Å². The molecule has 1 atom stereocenters. The van der Waals surface area contributed by atoms with E-state index in [1.165, 1.54) is 0 Å². The summed E-state index contributed by atoms with van der Waals surface area (Å²) in [6.07, 6.45) is -0.770. The van der Waals surface area contributed by atoms with Crippen molar-refractivity contribution in [1.82, 2.24) is 5.06 Å². The maximum atomic E-state index is 11.8. The van der Waals surface area contributed by atoms with Crippen molar-refractivity contribution >= 4 is 18.0 Å². The number of ether oxygens (including phenoxy) is 1. The Morgan fingerprint density at radius 1 is 1.33 bits per heavy atom. The molecule has 1 heterocycles. The zero-order valence-electron chi connectivity index (χ0n) is 11.2. The number of carbonyl (C=O) groups excluding carboxylic acids is 2. The number of carboxylic acids is 1. The van der Waals surface area contributed by atoms with Crippen molar-refractivity contribution in [1.29, 1.82) is 0 Å². The van der Waals surface area contributed by atoms with Gasteiger partial charge < -0.3 is 14.7 Å². The van der Waals surface area contributed by atoms with Crippen LogP contribution in [0.2, 0.25) is 0 Å². The third-order valence-corrected chi connectivity index (χ3v) is 3.04. The molecule has 0 aliphatic carbocycles. The van der Waals surface area contributed by atoms with Crippen molar-refractivity contribution in [2.45, 2.75) is 19.4 Å². The van der Waals surface area contributed by atoms with Crippen molar-refractivity contribution in [2.75, 3.05) is 6.54 Å². The molecule has 1 aliphatic rings. The molecule has 7 nitrogen and oxygen atoms in total. The van der Waals surface area contributed by atoms with Crippen LogP contribution < -0.4 is 0 Å². The lowest BCUT2D eigenvalue weighted by Crippen LogP contribution is -2.28. The Labute approximate surface area is 121 Å². The van der Waals surface area contributed by atoms with Gasteiger partial charge in [-0.15, -0.1) is 5.06 Å². The van der Waals surface area contributed by atoms with E-state index in [1.54, 1.807) is 12.1 Å². The smallest absolute Gasteiger partial charge is 0.443 e. The molecule has 112 valence electrons. The van der Waals surface area contributed by atoms with Gasteiger partial charge in [0.2, 0.25) is 0 Å². The molecule has 0 radical (unpaired) electrons. The fourth-order valence-corrected chi connectivity index (χ4v) is 1.91. The zero-order valence-corrected chi connectivity index (χ0v) is 11.2. The first-order chi connectivity index (χ1) is 10.1. The van der Waals surface area contributed by atoms with E-state index in [-0.39, 0.29) is 26.0 Å². The molecule has 0 spiro atoms. The van der Waals surface area contributed by atoms with Crippen molar-refractivity contribution in [3.05, 3.63) is 35.9 Å². The van der Waals surface area contributed by atoms with E-state index in [1.807, 2.05) is 18.2 Å². The van der Waals surface area contributed by atoms with Gasteiger partial charge >= 0.3 is 18.0 Å². The highest BCUT2D eigenvalue weighted by atomic mass is 16.8. The van der Waals surface area contributed by atoms with Crippen LogP contribution in [0.4, 0.5) is 4.79 Å². The van der Waals surface area contributed by atoms with Gasteiger partial charge in [0.15, 0.2) is 0 Å².